The maximum absolute atomic E-state index is 13.1. The Hall–Kier alpha value is -3.40. The summed E-state index contributed by atoms with van der Waals surface area (Å²) in [6.07, 6.45) is 3.88. The average molecular weight is 510 g/mol. The monoisotopic (exact) mass is 509 g/mol. The Morgan fingerprint density at radius 2 is 1.78 bits per heavy atom. The zero-order valence-corrected chi connectivity index (χ0v) is 21.6. The molecule has 1 aliphatic carbocycles. The van der Waals surface area contributed by atoms with E-state index in [2.05, 4.69) is 15.1 Å². The van der Waals surface area contributed by atoms with Crippen LogP contribution in [-0.4, -0.2) is 98.0 Å². The second-order valence-electron chi connectivity index (χ2n) is 9.84. The van der Waals surface area contributed by atoms with Gasteiger partial charge in [0.2, 0.25) is 11.8 Å². The number of ether oxygens (including phenoxy) is 3. The molecule has 1 aromatic carbocycles. The van der Waals surface area contributed by atoms with Crippen LogP contribution in [-0.2, 0) is 14.3 Å². The topological polar surface area (TPSA) is 97.3 Å². The summed E-state index contributed by atoms with van der Waals surface area (Å²) in [7, 11) is 3.21. The molecule has 198 valence electrons. The van der Waals surface area contributed by atoms with Crippen molar-refractivity contribution >= 4 is 17.6 Å². The third-order valence-electron chi connectivity index (χ3n) is 7.30. The Bertz CT molecular complexity index is 1090. The molecule has 0 bridgehead atoms. The van der Waals surface area contributed by atoms with Gasteiger partial charge < -0.3 is 28.9 Å². The van der Waals surface area contributed by atoms with Crippen LogP contribution in [0.15, 0.2) is 30.3 Å². The van der Waals surface area contributed by atoms with E-state index in [1.165, 1.54) is 0 Å². The number of hydrogen-bond acceptors (Lipinski definition) is 8. The van der Waals surface area contributed by atoms with Crippen molar-refractivity contribution in [1.29, 1.82) is 0 Å². The number of methoxy groups -OCH3 is 2. The van der Waals surface area contributed by atoms with Crippen molar-refractivity contribution in [2.75, 3.05) is 65.0 Å². The maximum atomic E-state index is 13.1. The second-order valence-corrected chi connectivity index (χ2v) is 9.84. The van der Waals surface area contributed by atoms with E-state index in [0.717, 1.165) is 49.4 Å². The Labute approximate surface area is 217 Å². The van der Waals surface area contributed by atoms with Crippen molar-refractivity contribution in [2.45, 2.75) is 31.8 Å². The number of carbonyl (C=O) groups excluding carboxylic acids is 2. The van der Waals surface area contributed by atoms with Crippen molar-refractivity contribution in [3.63, 3.8) is 0 Å². The summed E-state index contributed by atoms with van der Waals surface area (Å²) >= 11 is 0. The van der Waals surface area contributed by atoms with Gasteiger partial charge in [0.05, 0.1) is 32.6 Å². The van der Waals surface area contributed by atoms with Crippen molar-refractivity contribution in [2.24, 2.45) is 5.92 Å². The summed E-state index contributed by atoms with van der Waals surface area (Å²) in [5.74, 6) is 2.27. The number of rotatable bonds is 9. The van der Waals surface area contributed by atoms with Gasteiger partial charge in [-0.15, -0.1) is 10.2 Å². The van der Waals surface area contributed by atoms with Crippen LogP contribution in [0.2, 0.25) is 0 Å². The lowest BCUT2D eigenvalue weighted by atomic mass is 10.1. The fraction of sp³-hybridized carbons (Fsp3) is 0.556. The minimum Gasteiger partial charge on any atom is -0.493 e. The Balaban J connectivity index is 1.16. The van der Waals surface area contributed by atoms with Gasteiger partial charge in [-0.3, -0.25) is 9.59 Å². The molecule has 0 N–H and O–H groups in total. The molecule has 10 heteroatoms. The number of piperazine rings is 1. The SMILES string of the molecule is COc1ccc(-c2ccc(N3CCN(C(=O)CN(C[C@H]4CCCO4)C(=O)C4CC4)CC3)nn2)cc1OC. The van der Waals surface area contributed by atoms with Crippen LogP contribution >= 0.6 is 0 Å². The summed E-state index contributed by atoms with van der Waals surface area (Å²) in [4.78, 5) is 31.6. The van der Waals surface area contributed by atoms with Gasteiger partial charge in [-0.2, -0.15) is 0 Å². The highest BCUT2D eigenvalue weighted by atomic mass is 16.5. The minimum absolute atomic E-state index is 0.00142. The number of benzene rings is 1. The van der Waals surface area contributed by atoms with E-state index in [-0.39, 0.29) is 30.4 Å². The van der Waals surface area contributed by atoms with Crippen LogP contribution in [0.5, 0.6) is 11.5 Å². The molecule has 3 heterocycles. The molecule has 1 saturated carbocycles. The number of aromatic nitrogens is 2. The van der Waals surface area contributed by atoms with Crippen LogP contribution in [0.3, 0.4) is 0 Å². The van der Waals surface area contributed by atoms with Crippen molar-refractivity contribution in [3.8, 4) is 22.8 Å². The Morgan fingerprint density at radius 3 is 2.41 bits per heavy atom. The van der Waals surface area contributed by atoms with Crippen LogP contribution in [0.25, 0.3) is 11.3 Å². The summed E-state index contributed by atoms with van der Waals surface area (Å²) in [6, 6.07) is 9.54. The first-order chi connectivity index (χ1) is 18.1. The van der Waals surface area contributed by atoms with E-state index in [9.17, 15) is 9.59 Å². The predicted molar refractivity (Wildman–Crippen MR) is 138 cm³/mol. The highest BCUT2D eigenvalue weighted by Gasteiger charge is 2.36. The smallest absolute Gasteiger partial charge is 0.242 e. The molecule has 0 spiro atoms. The first-order valence-corrected chi connectivity index (χ1v) is 13.0. The number of carbonyl (C=O) groups is 2. The fourth-order valence-corrected chi connectivity index (χ4v) is 4.95. The van der Waals surface area contributed by atoms with Crippen LogP contribution in [0.1, 0.15) is 25.7 Å². The fourth-order valence-electron chi connectivity index (χ4n) is 4.95. The number of hydrogen-bond donors (Lipinski definition) is 0. The van der Waals surface area contributed by atoms with E-state index < -0.39 is 0 Å². The van der Waals surface area contributed by atoms with Gasteiger partial charge in [-0.1, -0.05) is 0 Å². The number of amides is 2. The van der Waals surface area contributed by atoms with E-state index >= 15 is 0 Å². The molecule has 2 saturated heterocycles. The Kier molecular flexibility index (Phi) is 7.73. The van der Waals surface area contributed by atoms with Gasteiger partial charge in [-0.25, -0.2) is 0 Å². The third kappa shape index (κ3) is 5.95. The van der Waals surface area contributed by atoms with Crippen LogP contribution in [0.4, 0.5) is 5.82 Å². The average Bonchev–Trinajstić information content (AvgIpc) is 3.68. The van der Waals surface area contributed by atoms with Gasteiger partial charge in [0.15, 0.2) is 17.3 Å². The predicted octanol–water partition coefficient (Wildman–Crippen LogP) is 2.23. The molecule has 10 nitrogen and oxygen atoms in total. The molecule has 5 rings (SSSR count). The van der Waals surface area contributed by atoms with Crippen molar-refractivity contribution < 1.29 is 23.8 Å². The molecular weight excluding hydrogens is 474 g/mol. The third-order valence-corrected chi connectivity index (χ3v) is 7.30. The molecule has 3 fully saturated rings. The minimum atomic E-state index is 0.00142. The van der Waals surface area contributed by atoms with Crippen LogP contribution in [0, 0.1) is 5.92 Å². The molecule has 0 unspecified atom stereocenters. The van der Waals surface area contributed by atoms with Gasteiger partial charge in [0, 0.05) is 50.8 Å². The van der Waals surface area contributed by atoms with E-state index in [1.54, 1.807) is 19.1 Å². The van der Waals surface area contributed by atoms with E-state index in [1.807, 2.05) is 35.2 Å². The highest BCUT2D eigenvalue weighted by Crippen LogP contribution is 2.32. The second kappa shape index (κ2) is 11.3. The molecule has 3 aliphatic rings. The largest absolute Gasteiger partial charge is 0.493 e. The normalized spacial score (nSPS) is 19.6. The van der Waals surface area contributed by atoms with Gasteiger partial charge in [0.1, 0.15) is 0 Å². The summed E-state index contributed by atoms with van der Waals surface area (Å²) in [5, 5.41) is 8.85. The molecule has 37 heavy (non-hydrogen) atoms. The lowest BCUT2D eigenvalue weighted by Gasteiger charge is -2.36. The van der Waals surface area contributed by atoms with Crippen molar-refractivity contribution in [3.05, 3.63) is 30.3 Å². The quantitative estimate of drug-likeness (QED) is 0.508. The van der Waals surface area contributed by atoms with Crippen molar-refractivity contribution in [1.82, 2.24) is 20.0 Å². The zero-order valence-electron chi connectivity index (χ0n) is 21.6. The lowest BCUT2D eigenvalue weighted by Crippen LogP contribution is -2.53. The molecule has 2 aliphatic heterocycles. The Morgan fingerprint density at radius 1 is 1.00 bits per heavy atom. The summed E-state index contributed by atoms with van der Waals surface area (Å²) in [5.41, 5.74) is 1.63. The number of anilines is 1. The lowest BCUT2D eigenvalue weighted by molar-refractivity contribution is -0.142. The van der Waals surface area contributed by atoms with E-state index in [4.69, 9.17) is 14.2 Å². The molecule has 0 radical (unpaired) electrons. The summed E-state index contributed by atoms with van der Waals surface area (Å²) < 4.78 is 16.4. The van der Waals surface area contributed by atoms with E-state index in [0.29, 0.717) is 44.2 Å². The molecule has 2 aromatic rings. The van der Waals surface area contributed by atoms with Crippen LogP contribution < -0.4 is 14.4 Å². The molecule has 2 amide bonds. The maximum Gasteiger partial charge on any atom is 0.242 e. The first-order valence-electron chi connectivity index (χ1n) is 13.0. The van der Waals surface area contributed by atoms with Gasteiger partial charge in [-0.05, 0) is 56.0 Å². The molecule has 1 aromatic heterocycles. The molecule has 1 atom stereocenters. The standard InChI is InChI=1S/C27H35N5O5/c1-35-23-9-7-20(16-24(23)36-2)22-8-10-25(29-28-22)30-11-13-31(14-12-30)26(33)18-32(27(34)19-5-6-19)17-21-4-3-15-37-21/h7-10,16,19,21H,3-6,11-15,17-18H2,1-2H3/t21-/m1/s1. The first kappa shape index (κ1) is 25.3. The number of nitrogens with zero attached hydrogens (tertiary/aromatic N) is 5. The summed E-state index contributed by atoms with van der Waals surface area (Å²) in [6.45, 7) is 3.89. The van der Waals surface area contributed by atoms with Gasteiger partial charge >= 0.3 is 0 Å². The molecular formula is C27H35N5O5. The van der Waals surface area contributed by atoms with Gasteiger partial charge in [0.25, 0.3) is 0 Å². The highest BCUT2D eigenvalue weighted by molar-refractivity contribution is 5.87. The zero-order chi connectivity index (χ0) is 25.8.